The van der Waals surface area contributed by atoms with Gasteiger partial charge in [-0.1, -0.05) is 6.07 Å². The van der Waals surface area contributed by atoms with Crippen molar-refractivity contribution in [3.05, 3.63) is 58.7 Å². The molecule has 4 rings (SSSR count). The van der Waals surface area contributed by atoms with Gasteiger partial charge in [0.15, 0.2) is 11.5 Å². The average molecular weight is 352 g/mol. The van der Waals surface area contributed by atoms with Gasteiger partial charge < -0.3 is 9.47 Å². The minimum Gasteiger partial charge on any atom is -0.486 e. The summed E-state index contributed by atoms with van der Waals surface area (Å²) in [6.07, 6.45) is 4.42. The van der Waals surface area contributed by atoms with Crippen molar-refractivity contribution in [2.75, 3.05) is 13.2 Å². The molecule has 1 aliphatic heterocycles. The quantitative estimate of drug-likeness (QED) is 0.814. The summed E-state index contributed by atoms with van der Waals surface area (Å²) >= 11 is 0. The van der Waals surface area contributed by atoms with Crippen LogP contribution in [-0.4, -0.2) is 25.0 Å². The SMILES string of the molecule is O=C(NNC(=O)c1ccc2c(c1)OCCO2)c1ccc2c(c1)CCCC2. The van der Waals surface area contributed by atoms with Crippen molar-refractivity contribution < 1.29 is 19.1 Å². The second kappa shape index (κ2) is 7.07. The zero-order chi connectivity index (χ0) is 17.9. The van der Waals surface area contributed by atoms with Gasteiger partial charge >= 0.3 is 0 Å². The van der Waals surface area contributed by atoms with Crippen LogP contribution in [0, 0.1) is 0 Å². The van der Waals surface area contributed by atoms with E-state index < -0.39 is 5.91 Å². The largest absolute Gasteiger partial charge is 0.486 e. The van der Waals surface area contributed by atoms with E-state index in [0.717, 1.165) is 19.3 Å². The highest BCUT2D eigenvalue weighted by molar-refractivity contribution is 5.99. The van der Waals surface area contributed by atoms with Crippen LogP contribution in [0.3, 0.4) is 0 Å². The number of benzene rings is 2. The number of hydrazine groups is 1. The van der Waals surface area contributed by atoms with Crippen molar-refractivity contribution in [1.82, 2.24) is 10.9 Å². The number of fused-ring (bicyclic) bond motifs is 2. The van der Waals surface area contributed by atoms with Gasteiger partial charge in [-0.05, 0) is 67.1 Å². The molecule has 2 amide bonds. The van der Waals surface area contributed by atoms with Gasteiger partial charge in [0.25, 0.3) is 11.8 Å². The molecule has 0 aromatic heterocycles. The predicted molar refractivity (Wildman–Crippen MR) is 95.4 cm³/mol. The number of carbonyl (C=O) groups is 2. The lowest BCUT2D eigenvalue weighted by molar-refractivity contribution is 0.0846. The van der Waals surface area contributed by atoms with Crippen LogP contribution in [0.4, 0.5) is 0 Å². The Morgan fingerprint density at radius 2 is 1.35 bits per heavy atom. The summed E-state index contributed by atoms with van der Waals surface area (Å²) in [5, 5.41) is 0. The summed E-state index contributed by atoms with van der Waals surface area (Å²) in [5.41, 5.74) is 8.40. The van der Waals surface area contributed by atoms with Crippen molar-refractivity contribution in [3.8, 4) is 11.5 Å². The molecule has 0 atom stereocenters. The predicted octanol–water partition coefficient (Wildman–Crippen LogP) is 2.41. The van der Waals surface area contributed by atoms with Gasteiger partial charge in [-0.2, -0.15) is 0 Å². The van der Waals surface area contributed by atoms with Crippen molar-refractivity contribution in [3.63, 3.8) is 0 Å². The van der Waals surface area contributed by atoms with E-state index in [4.69, 9.17) is 9.47 Å². The van der Waals surface area contributed by atoms with Gasteiger partial charge in [0.05, 0.1) is 0 Å². The Hall–Kier alpha value is -3.02. The summed E-state index contributed by atoms with van der Waals surface area (Å²) in [5.74, 6) is 0.411. The molecule has 0 unspecified atom stereocenters. The van der Waals surface area contributed by atoms with Crippen LogP contribution < -0.4 is 20.3 Å². The maximum atomic E-state index is 12.3. The number of hydrogen-bond acceptors (Lipinski definition) is 4. The summed E-state index contributed by atoms with van der Waals surface area (Å²) in [6.45, 7) is 0.947. The van der Waals surface area contributed by atoms with E-state index in [9.17, 15) is 9.59 Å². The first-order chi connectivity index (χ1) is 12.7. The molecule has 0 saturated carbocycles. The van der Waals surface area contributed by atoms with Gasteiger partial charge in [0, 0.05) is 11.1 Å². The zero-order valence-corrected chi connectivity index (χ0v) is 14.3. The molecule has 0 spiro atoms. The van der Waals surface area contributed by atoms with E-state index in [1.807, 2.05) is 12.1 Å². The minimum atomic E-state index is -0.409. The molecule has 2 aromatic rings. The van der Waals surface area contributed by atoms with Gasteiger partial charge in [0.2, 0.25) is 0 Å². The summed E-state index contributed by atoms with van der Waals surface area (Å²) in [7, 11) is 0. The molecule has 0 saturated heterocycles. The van der Waals surface area contributed by atoms with Gasteiger partial charge in [-0.3, -0.25) is 20.4 Å². The molecule has 0 fully saturated rings. The number of hydrogen-bond donors (Lipinski definition) is 2. The third-order valence-electron chi connectivity index (χ3n) is 4.70. The number of rotatable bonds is 2. The molecular weight excluding hydrogens is 332 g/mol. The molecule has 0 bridgehead atoms. The van der Waals surface area contributed by atoms with Gasteiger partial charge in [0.1, 0.15) is 13.2 Å². The summed E-state index contributed by atoms with van der Waals surface area (Å²) in [6, 6.07) is 10.7. The number of nitrogens with one attached hydrogen (secondary N) is 2. The van der Waals surface area contributed by atoms with Crippen LogP contribution in [0.5, 0.6) is 11.5 Å². The third kappa shape index (κ3) is 3.35. The smallest absolute Gasteiger partial charge is 0.269 e. The van der Waals surface area contributed by atoms with Crippen LogP contribution in [0.1, 0.15) is 44.7 Å². The second-order valence-corrected chi connectivity index (χ2v) is 6.46. The molecule has 26 heavy (non-hydrogen) atoms. The fraction of sp³-hybridized carbons (Fsp3) is 0.300. The van der Waals surface area contributed by atoms with Crippen LogP contribution >= 0.6 is 0 Å². The van der Waals surface area contributed by atoms with E-state index in [1.165, 1.54) is 17.5 Å². The van der Waals surface area contributed by atoms with E-state index >= 15 is 0 Å². The van der Waals surface area contributed by atoms with Crippen molar-refractivity contribution in [2.45, 2.75) is 25.7 Å². The standard InChI is InChI=1S/C20H20N2O4/c23-19(15-6-5-13-3-1-2-4-14(13)11-15)21-22-20(24)16-7-8-17-18(12-16)26-10-9-25-17/h5-8,11-12H,1-4,9-10H2,(H,21,23)(H,22,24). The Labute approximate surface area is 151 Å². The van der Waals surface area contributed by atoms with E-state index in [1.54, 1.807) is 24.3 Å². The molecule has 134 valence electrons. The lowest BCUT2D eigenvalue weighted by atomic mass is 9.90. The van der Waals surface area contributed by atoms with Crippen molar-refractivity contribution >= 4 is 11.8 Å². The molecule has 1 aliphatic carbocycles. The molecule has 6 nitrogen and oxygen atoms in total. The minimum absolute atomic E-state index is 0.329. The van der Waals surface area contributed by atoms with E-state index in [0.29, 0.717) is 35.8 Å². The van der Waals surface area contributed by atoms with Crippen LogP contribution in [0.15, 0.2) is 36.4 Å². The highest BCUT2D eigenvalue weighted by atomic mass is 16.6. The molecule has 2 aromatic carbocycles. The van der Waals surface area contributed by atoms with E-state index in [2.05, 4.69) is 10.9 Å². The fourth-order valence-corrected chi connectivity index (χ4v) is 3.32. The highest BCUT2D eigenvalue weighted by Crippen LogP contribution is 2.30. The monoisotopic (exact) mass is 352 g/mol. The average Bonchev–Trinajstić information content (AvgIpc) is 2.71. The topological polar surface area (TPSA) is 76.7 Å². The molecule has 2 aliphatic rings. The lowest BCUT2D eigenvalue weighted by Crippen LogP contribution is -2.41. The second-order valence-electron chi connectivity index (χ2n) is 6.46. The Balaban J connectivity index is 1.40. The molecule has 6 heteroatoms. The lowest BCUT2D eigenvalue weighted by Gasteiger charge is -2.19. The Morgan fingerprint density at radius 3 is 2.12 bits per heavy atom. The van der Waals surface area contributed by atoms with Gasteiger partial charge in [-0.15, -0.1) is 0 Å². The highest BCUT2D eigenvalue weighted by Gasteiger charge is 2.16. The molecular formula is C20H20N2O4. The number of ether oxygens (including phenoxy) is 2. The normalized spacial score (nSPS) is 14.9. The first kappa shape index (κ1) is 16.4. The summed E-state index contributed by atoms with van der Waals surface area (Å²) < 4.78 is 10.9. The van der Waals surface area contributed by atoms with Crippen molar-refractivity contribution in [2.24, 2.45) is 0 Å². The zero-order valence-electron chi connectivity index (χ0n) is 14.3. The Bertz CT molecular complexity index is 791. The first-order valence-corrected chi connectivity index (χ1v) is 8.83. The van der Waals surface area contributed by atoms with Gasteiger partial charge in [-0.25, -0.2) is 0 Å². The van der Waals surface area contributed by atoms with E-state index in [-0.39, 0.29) is 5.91 Å². The molecule has 2 N–H and O–H groups in total. The van der Waals surface area contributed by atoms with Crippen LogP contribution in [0.25, 0.3) is 0 Å². The third-order valence-corrected chi connectivity index (χ3v) is 4.70. The Morgan fingerprint density at radius 1 is 0.731 bits per heavy atom. The maximum absolute atomic E-state index is 12.3. The number of amides is 2. The fourth-order valence-electron chi connectivity index (χ4n) is 3.32. The maximum Gasteiger partial charge on any atom is 0.269 e. The number of aryl methyl sites for hydroxylation is 2. The first-order valence-electron chi connectivity index (χ1n) is 8.83. The molecule has 1 heterocycles. The molecule has 0 radical (unpaired) electrons. The van der Waals surface area contributed by atoms with Crippen molar-refractivity contribution in [1.29, 1.82) is 0 Å². The summed E-state index contributed by atoms with van der Waals surface area (Å²) in [4.78, 5) is 24.6. The number of carbonyl (C=O) groups excluding carboxylic acids is 2. The Kier molecular flexibility index (Phi) is 4.48. The van der Waals surface area contributed by atoms with Crippen LogP contribution in [-0.2, 0) is 12.8 Å². The van der Waals surface area contributed by atoms with Crippen LogP contribution in [0.2, 0.25) is 0 Å².